The molecule has 3 nitrogen and oxygen atoms in total. The van der Waals surface area contributed by atoms with Crippen molar-refractivity contribution in [1.82, 2.24) is 0 Å². The second kappa shape index (κ2) is 6.03. The Hall–Kier alpha value is -2.60. The lowest BCUT2D eigenvalue weighted by Gasteiger charge is -2.12. The number of carbonyl (C=O) groups is 1. The number of ether oxygens (including phenoxy) is 1. The lowest BCUT2D eigenvalue weighted by molar-refractivity contribution is 0.0976. The third kappa shape index (κ3) is 2.70. The van der Waals surface area contributed by atoms with Crippen molar-refractivity contribution in [3.05, 3.63) is 65.2 Å². The zero-order chi connectivity index (χ0) is 14.5. The van der Waals surface area contributed by atoms with Crippen molar-refractivity contribution < 1.29 is 9.53 Å². The van der Waals surface area contributed by atoms with Gasteiger partial charge in [-0.25, -0.2) is 0 Å². The van der Waals surface area contributed by atoms with Gasteiger partial charge in [-0.3, -0.25) is 4.79 Å². The fourth-order valence-corrected chi connectivity index (χ4v) is 2.10. The molecule has 2 rings (SSSR count). The summed E-state index contributed by atoms with van der Waals surface area (Å²) in [6.45, 7) is 1.90. The van der Waals surface area contributed by atoms with Crippen LogP contribution in [0.4, 0.5) is 0 Å². The first-order valence-electron chi connectivity index (χ1n) is 6.30. The van der Waals surface area contributed by atoms with Crippen molar-refractivity contribution in [2.24, 2.45) is 0 Å². The minimum absolute atomic E-state index is 0.237. The zero-order valence-corrected chi connectivity index (χ0v) is 11.5. The van der Waals surface area contributed by atoms with Gasteiger partial charge in [0.1, 0.15) is 11.7 Å². The molecule has 20 heavy (non-hydrogen) atoms. The van der Waals surface area contributed by atoms with Crippen LogP contribution in [0.3, 0.4) is 0 Å². The third-order valence-corrected chi connectivity index (χ3v) is 3.14. The Morgan fingerprint density at radius 2 is 1.90 bits per heavy atom. The van der Waals surface area contributed by atoms with Crippen LogP contribution in [-0.2, 0) is 0 Å². The lowest BCUT2D eigenvalue weighted by Crippen LogP contribution is -2.12. The van der Waals surface area contributed by atoms with Gasteiger partial charge in [-0.15, -0.1) is 0 Å². The molecule has 0 spiro atoms. The highest BCUT2D eigenvalue weighted by Crippen LogP contribution is 2.27. The number of rotatable bonds is 4. The largest absolute Gasteiger partial charge is 0.496 e. The number of Topliss-reactive ketones (excluding diaryl/α,β-unsaturated/α-hetero) is 1. The minimum Gasteiger partial charge on any atom is -0.496 e. The molecular weight excluding hydrogens is 250 g/mol. The Bertz CT molecular complexity index is 656. The molecule has 0 N–H and O–H groups in total. The van der Waals surface area contributed by atoms with Gasteiger partial charge in [-0.1, -0.05) is 42.0 Å². The van der Waals surface area contributed by atoms with E-state index in [4.69, 9.17) is 4.74 Å². The molecule has 0 saturated carbocycles. The summed E-state index contributed by atoms with van der Waals surface area (Å²) < 4.78 is 5.22. The topological polar surface area (TPSA) is 50.1 Å². The summed E-state index contributed by atoms with van der Waals surface area (Å²) in [5.41, 5.74) is 2.10. The Labute approximate surface area is 118 Å². The minimum atomic E-state index is -0.813. The van der Waals surface area contributed by atoms with E-state index in [1.54, 1.807) is 24.3 Å². The van der Waals surface area contributed by atoms with Crippen LogP contribution in [0.25, 0.3) is 0 Å². The Morgan fingerprint density at radius 3 is 2.50 bits per heavy atom. The smallest absolute Gasteiger partial charge is 0.188 e. The number of ketones is 1. The van der Waals surface area contributed by atoms with Crippen molar-refractivity contribution in [3.63, 3.8) is 0 Å². The van der Waals surface area contributed by atoms with E-state index in [2.05, 4.69) is 6.07 Å². The number of methoxy groups -OCH3 is 1. The predicted molar refractivity (Wildman–Crippen MR) is 76.9 cm³/mol. The van der Waals surface area contributed by atoms with E-state index < -0.39 is 5.92 Å². The molecule has 0 aliphatic rings. The van der Waals surface area contributed by atoms with Gasteiger partial charge in [0.05, 0.1) is 18.7 Å². The van der Waals surface area contributed by atoms with E-state index in [1.807, 2.05) is 31.2 Å². The Balaban J connectivity index is 2.45. The molecule has 3 heteroatoms. The van der Waals surface area contributed by atoms with Gasteiger partial charge in [-0.05, 0) is 24.6 Å². The highest BCUT2D eigenvalue weighted by atomic mass is 16.5. The molecule has 0 heterocycles. The van der Waals surface area contributed by atoms with Crippen molar-refractivity contribution in [3.8, 4) is 11.8 Å². The van der Waals surface area contributed by atoms with Crippen molar-refractivity contribution in [1.29, 1.82) is 5.26 Å². The molecule has 0 fully saturated rings. The summed E-state index contributed by atoms with van der Waals surface area (Å²) in [4.78, 5) is 12.6. The Morgan fingerprint density at radius 1 is 1.20 bits per heavy atom. The normalized spacial score (nSPS) is 11.4. The SMILES string of the molecule is COc1ccc(C)cc1C(=O)C(C#N)c1ccccc1. The van der Waals surface area contributed by atoms with Gasteiger partial charge in [-0.2, -0.15) is 5.26 Å². The van der Waals surface area contributed by atoms with Crippen LogP contribution in [0.15, 0.2) is 48.5 Å². The van der Waals surface area contributed by atoms with Crippen LogP contribution in [0.1, 0.15) is 27.4 Å². The van der Waals surface area contributed by atoms with Crippen molar-refractivity contribution in [2.75, 3.05) is 7.11 Å². The second-order valence-electron chi connectivity index (χ2n) is 4.54. The highest BCUT2D eigenvalue weighted by Gasteiger charge is 2.24. The van der Waals surface area contributed by atoms with Crippen LogP contribution in [-0.4, -0.2) is 12.9 Å². The number of benzene rings is 2. The van der Waals surface area contributed by atoms with Gasteiger partial charge in [0.2, 0.25) is 0 Å². The van der Waals surface area contributed by atoms with E-state index in [-0.39, 0.29) is 5.78 Å². The molecule has 100 valence electrons. The van der Waals surface area contributed by atoms with Crippen LogP contribution >= 0.6 is 0 Å². The molecule has 0 aliphatic heterocycles. The summed E-state index contributed by atoms with van der Waals surface area (Å²) in [6.07, 6.45) is 0. The van der Waals surface area contributed by atoms with Crippen LogP contribution in [0.2, 0.25) is 0 Å². The van der Waals surface area contributed by atoms with E-state index in [0.717, 1.165) is 5.56 Å². The number of hydrogen-bond acceptors (Lipinski definition) is 3. The van der Waals surface area contributed by atoms with Crippen LogP contribution in [0, 0.1) is 18.3 Å². The predicted octanol–water partition coefficient (Wildman–Crippen LogP) is 3.49. The first-order valence-corrected chi connectivity index (χ1v) is 6.30. The molecule has 0 amide bonds. The van der Waals surface area contributed by atoms with E-state index in [0.29, 0.717) is 16.9 Å². The van der Waals surface area contributed by atoms with Crippen molar-refractivity contribution >= 4 is 5.78 Å². The van der Waals surface area contributed by atoms with Crippen LogP contribution < -0.4 is 4.74 Å². The molecule has 1 unspecified atom stereocenters. The maximum atomic E-state index is 12.6. The molecule has 0 aromatic heterocycles. The van der Waals surface area contributed by atoms with Crippen LogP contribution in [0.5, 0.6) is 5.75 Å². The second-order valence-corrected chi connectivity index (χ2v) is 4.54. The van der Waals surface area contributed by atoms with Gasteiger partial charge in [0, 0.05) is 0 Å². The molecule has 0 radical (unpaired) electrons. The fourth-order valence-electron chi connectivity index (χ4n) is 2.10. The maximum absolute atomic E-state index is 12.6. The van der Waals surface area contributed by atoms with Gasteiger partial charge < -0.3 is 4.74 Å². The van der Waals surface area contributed by atoms with Crippen molar-refractivity contribution in [2.45, 2.75) is 12.8 Å². The summed E-state index contributed by atoms with van der Waals surface area (Å²) in [5.74, 6) is -0.553. The first-order chi connectivity index (χ1) is 9.67. The maximum Gasteiger partial charge on any atom is 0.188 e. The number of aryl methyl sites for hydroxylation is 1. The van der Waals surface area contributed by atoms with Gasteiger partial charge in [0.25, 0.3) is 0 Å². The number of nitriles is 1. The molecule has 0 saturated heterocycles. The van der Waals surface area contributed by atoms with E-state index in [9.17, 15) is 10.1 Å². The fraction of sp³-hybridized carbons (Fsp3) is 0.176. The summed E-state index contributed by atoms with van der Waals surface area (Å²) in [6, 6.07) is 16.5. The van der Waals surface area contributed by atoms with Gasteiger partial charge >= 0.3 is 0 Å². The zero-order valence-electron chi connectivity index (χ0n) is 11.5. The summed E-state index contributed by atoms with van der Waals surface area (Å²) in [7, 11) is 1.52. The summed E-state index contributed by atoms with van der Waals surface area (Å²) in [5, 5.41) is 9.33. The number of hydrogen-bond donors (Lipinski definition) is 0. The quantitative estimate of drug-likeness (QED) is 0.795. The monoisotopic (exact) mass is 265 g/mol. The van der Waals surface area contributed by atoms with Gasteiger partial charge in [0.15, 0.2) is 5.78 Å². The summed E-state index contributed by atoms with van der Waals surface area (Å²) >= 11 is 0. The van der Waals surface area contributed by atoms with E-state index >= 15 is 0 Å². The highest BCUT2D eigenvalue weighted by molar-refractivity contribution is 6.04. The molecule has 0 bridgehead atoms. The molecule has 2 aromatic rings. The number of nitrogens with zero attached hydrogens (tertiary/aromatic N) is 1. The van der Waals surface area contributed by atoms with E-state index in [1.165, 1.54) is 7.11 Å². The molecule has 2 aromatic carbocycles. The number of carbonyl (C=O) groups excluding carboxylic acids is 1. The molecular formula is C17H15NO2. The lowest BCUT2D eigenvalue weighted by atomic mass is 9.91. The molecule has 1 atom stereocenters. The first kappa shape index (κ1) is 13.8. The standard InChI is InChI=1S/C17H15NO2/c1-12-8-9-16(20-2)14(10-12)17(19)15(11-18)13-6-4-3-5-7-13/h3-10,15H,1-2H3. The molecule has 0 aliphatic carbocycles. The average molecular weight is 265 g/mol. The third-order valence-electron chi connectivity index (χ3n) is 3.14. The Kier molecular flexibility index (Phi) is 4.17. The average Bonchev–Trinajstić information content (AvgIpc) is 2.49.